The minimum Gasteiger partial charge on any atom is -0.360 e. The molecule has 4 heteroatoms. The molecule has 0 fully saturated rings. The van der Waals surface area contributed by atoms with E-state index in [0.29, 0.717) is 5.69 Å². The highest BCUT2D eigenvalue weighted by atomic mass is 16.1. The van der Waals surface area contributed by atoms with Gasteiger partial charge in [0.2, 0.25) is 0 Å². The molecule has 0 aliphatic carbocycles. The maximum atomic E-state index is 11.0. The zero-order valence-corrected chi connectivity index (χ0v) is 7.82. The van der Waals surface area contributed by atoms with E-state index in [-0.39, 0.29) is 5.78 Å². The molecule has 2 heterocycles. The second-order valence-electron chi connectivity index (χ2n) is 3.23. The van der Waals surface area contributed by atoms with E-state index < -0.39 is 6.04 Å². The van der Waals surface area contributed by atoms with Crippen LogP contribution in [0.15, 0.2) is 24.4 Å². The number of hydrogen-bond donors (Lipinski definition) is 2. The first-order valence-corrected chi connectivity index (χ1v) is 4.38. The summed E-state index contributed by atoms with van der Waals surface area (Å²) < 4.78 is 0. The summed E-state index contributed by atoms with van der Waals surface area (Å²) in [6.07, 6.45) is 1.81. The van der Waals surface area contributed by atoms with Crippen molar-refractivity contribution in [3.05, 3.63) is 30.1 Å². The third kappa shape index (κ3) is 1.40. The normalized spacial score (nSPS) is 13.0. The van der Waals surface area contributed by atoms with Gasteiger partial charge >= 0.3 is 0 Å². The van der Waals surface area contributed by atoms with Crippen LogP contribution in [0.3, 0.4) is 0 Å². The smallest absolute Gasteiger partial charge is 0.152 e. The van der Waals surface area contributed by atoms with Crippen molar-refractivity contribution in [3.63, 3.8) is 0 Å². The summed E-state index contributed by atoms with van der Waals surface area (Å²) in [5.74, 6) is -0.0765. The van der Waals surface area contributed by atoms with Gasteiger partial charge < -0.3 is 10.7 Å². The zero-order valence-electron chi connectivity index (χ0n) is 7.82. The molecule has 0 aromatic carbocycles. The quantitative estimate of drug-likeness (QED) is 0.744. The first-order chi connectivity index (χ1) is 6.68. The van der Waals surface area contributed by atoms with Crippen LogP contribution in [-0.4, -0.2) is 15.8 Å². The second kappa shape index (κ2) is 3.23. The maximum absolute atomic E-state index is 11.0. The fourth-order valence-electron chi connectivity index (χ4n) is 1.33. The van der Waals surface area contributed by atoms with Crippen molar-refractivity contribution >= 4 is 16.8 Å². The van der Waals surface area contributed by atoms with Crippen molar-refractivity contribution in [3.8, 4) is 0 Å². The lowest BCUT2D eigenvalue weighted by Gasteiger charge is -2.06. The van der Waals surface area contributed by atoms with E-state index in [4.69, 9.17) is 5.73 Å². The van der Waals surface area contributed by atoms with Crippen LogP contribution in [0.5, 0.6) is 0 Å². The van der Waals surface area contributed by atoms with Crippen molar-refractivity contribution in [2.75, 3.05) is 0 Å². The van der Waals surface area contributed by atoms with Crippen molar-refractivity contribution < 1.29 is 4.79 Å². The van der Waals surface area contributed by atoms with Gasteiger partial charge in [0.25, 0.3) is 0 Å². The van der Waals surface area contributed by atoms with Gasteiger partial charge in [-0.05, 0) is 25.1 Å². The molecule has 1 unspecified atom stereocenters. The molecule has 2 aromatic rings. The SMILES string of the molecule is CC(=O)C(N)c1ccc2[nH]ccc2n1. The Bertz CT molecular complexity index is 475. The van der Waals surface area contributed by atoms with Gasteiger partial charge in [0.05, 0.1) is 16.7 Å². The van der Waals surface area contributed by atoms with Crippen molar-refractivity contribution in [1.29, 1.82) is 0 Å². The Morgan fingerprint density at radius 1 is 1.50 bits per heavy atom. The molecule has 2 aromatic heterocycles. The second-order valence-corrected chi connectivity index (χ2v) is 3.23. The van der Waals surface area contributed by atoms with Crippen molar-refractivity contribution in [1.82, 2.24) is 9.97 Å². The molecule has 0 aliphatic heterocycles. The van der Waals surface area contributed by atoms with Crippen molar-refractivity contribution in [2.24, 2.45) is 5.73 Å². The summed E-state index contributed by atoms with van der Waals surface area (Å²) in [4.78, 5) is 18.4. The maximum Gasteiger partial charge on any atom is 0.152 e. The van der Waals surface area contributed by atoms with Gasteiger partial charge in [-0.15, -0.1) is 0 Å². The number of ketones is 1. The van der Waals surface area contributed by atoms with Crippen LogP contribution in [0.4, 0.5) is 0 Å². The highest BCUT2D eigenvalue weighted by Gasteiger charge is 2.12. The van der Waals surface area contributed by atoms with Gasteiger partial charge in [-0.1, -0.05) is 0 Å². The van der Waals surface area contributed by atoms with Gasteiger partial charge in [0, 0.05) is 6.20 Å². The molecule has 14 heavy (non-hydrogen) atoms. The van der Waals surface area contributed by atoms with Crippen LogP contribution in [-0.2, 0) is 4.79 Å². The number of hydrogen-bond acceptors (Lipinski definition) is 3. The first kappa shape index (κ1) is 8.90. The summed E-state index contributed by atoms with van der Waals surface area (Å²) >= 11 is 0. The molecule has 0 bridgehead atoms. The third-order valence-electron chi connectivity index (χ3n) is 2.18. The standard InChI is InChI=1S/C10H11N3O/c1-6(14)10(11)9-3-2-7-8(13-9)4-5-12-7/h2-5,10,12H,11H2,1H3. The van der Waals surface area contributed by atoms with E-state index in [1.165, 1.54) is 6.92 Å². The Hall–Kier alpha value is -1.68. The Morgan fingerprint density at radius 2 is 2.29 bits per heavy atom. The molecule has 4 nitrogen and oxygen atoms in total. The van der Waals surface area contributed by atoms with Gasteiger partial charge in [-0.3, -0.25) is 4.79 Å². The van der Waals surface area contributed by atoms with E-state index in [1.807, 2.05) is 12.1 Å². The summed E-state index contributed by atoms with van der Waals surface area (Å²) in [7, 11) is 0. The number of pyridine rings is 1. The van der Waals surface area contributed by atoms with Gasteiger partial charge in [0.15, 0.2) is 5.78 Å². The predicted molar refractivity (Wildman–Crippen MR) is 53.7 cm³/mol. The number of rotatable bonds is 2. The van der Waals surface area contributed by atoms with Gasteiger partial charge in [-0.2, -0.15) is 0 Å². The lowest BCUT2D eigenvalue weighted by molar-refractivity contribution is -0.118. The summed E-state index contributed by atoms with van der Waals surface area (Å²) in [5.41, 5.74) is 8.07. The number of aromatic nitrogens is 2. The molecule has 72 valence electrons. The Morgan fingerprint density at radius 3 is 3.00 bits per heavy atom. The van der Waals surface area contributed by atoms with Crippen LogP contribution < -0.4 is 5.73 Å². The molecule has 0 aliphatic rings. The highest BCUT2D eigenvalue weighted by Crippen LogP contribution is 2.14. The van der Waals surface area contributed by atoms with E-state index >= 15 is 0 Å². The van der Waals surface area contributed by atoms with Crippen LogP contribution in [0.25, 0.3) is 11.0 Å². The largest absolute Gasteiger partial charge is 0.360 e. The average molecular weight is 189 g/mol. The van der Waals surface area contributed by atoms with Crippen LogP contribution in [0, 0.1) is 0 Å². The third-order valence-corrected chi connectivity index (χ3v) is 2.18. The minimum atomic E-state index is -0.616. The predicted octanol–water partition coefficient (Wildman–Crippen LogP) is 1.15. The lowest BCUT2D eigenvalue weighted by atomic mass is 10.1. The number of fused-ring (bicyclic) bond motifs is 1. The Balaban J connectivity index is 2.48. The fraction of sp³-hybridized carbons (Fsp3) is 0.200. The Kier molecular flexibility index (Phi) is 2.05. The summed E-state index contributed by atoms with van der Waals surface area (Å²) in [6, 6.07) is 4.88. The Labute approximate surface area is 81.1 Å². The number of nitrogens with two attached hydrogens (primary N) is 1. The summed E-state index contributed by atoms with van der Waals surface area (Å²) in [6.45, 7) is 1.47. The molecule has 0 saturated carbocycles. The van der Waals surface area contributed by atoms with Crippen molar-refractivity contribution in [2.45, 2.75) is 13.0 Å². The molecule has 0 amide bonds. The zero-order chi connectivity index (χ0) is 10.1. The number of carbonyl (C=O) groups is 1. The monoisotopic (exact) mass is 189 g/mol. The molecule has 0 radical (unpaired) electrons. The number of carbonyl (C=O) groups excluding carboxylic acids is 1. The molecule has 0 spiro atoms. The number of Topliss-reactive ketones (excluding diaryl/α,β-unsaturated/α-hetero) is 1. The molecule has 2 rings (SSSR count). The van der Waals surface area contributed by atoms with Gasteiger partial charge in [0.1, 0.15) is 6.04 Å². The average Bonchev–Trinajstić information content (AvgIpc) is 2.62. The number of nitrogens with zero attached hydrogens (tertiary/aromatic N) is 1. The lowest BCUT2D eigenvalue weighted by Crippen LogP contribution is -2.19. The first-order valence-electron chi connectivity index (χ1n) is 4.38. The topological polar surface area (TPSA) is 71.8 Å². The van der Waals surface area contributed by atoms with Crippen LogP contribution in [0.1, 0.15) is 18.7 Å². The van der Waals surface area contributed by atoms with E-state index in [2.05, 4.69) is 9.97 Å². The van der Waals surface area contributed by atoms with Gasteiger partial charge in [-0.25, -0.2) is 4.98 Å². The molecule has 1 atom stereocenters. The minimum absolute atomic E-state index is 0.0765. The molecule has 0 saturated heterocycles. The highest BCUT2D eigenvalue weighted by molar-refractivity contribution is 5.83. The molecular formula is C10H11N3O. The number of nitrogens with one attached hydrogen (secondary N) is 1. The fourth-order valence-corrected chi connectivity index (χ4v) is 1.33. The van der Waals surface area contributed by atoms with E-state index in [9.17, 15) is 4.79 Å². The van der Waals surface area contributed by atoms with E-state index in [0.717, 1.165) is 11.0 Å². The van der Waals surface area contributed by atoms with Crippen LogP contribution in [0.2, 0.25) is 0 Å². The van der Waals surface area contributed by atoms with E-state index in [1.54, 1.807) is 12.3 Å². The molecule has 3 N–H and O–H groups in total. The van der Waals surface area contributed by atoms with Crippen LogP contribution >= 0.6 is 0 Å². The molecular weight excluding hydrogens is 178 g/mol. The number of aromatic amines is 1. The summed E-state index contributed by atoms with van der Waals surface area (Å²) in [5, 5.41) is 0. The number of H-pyrrole nitrogens is 1.